The SMILES string of the molecule is CC1=C(CN(C(=O)c2ccccc2)[C@@H](C)c2ccc3ccccc3c2)NC(c2ccccn2)=NC1c1ccc(F)cc1Cl.CC1=C(CN2CCN(C(=O)OC(C)(C)C)CC2)NC(c2ccccn2)=NC1c1ccc(F)cc1Cl.CC1C(=O)NC(c2ccccn2)=NC1c1cc(F)cc(Cl)c1.CC[C@H]1CCCN1N=C1CCN(CC2=C(C)C(c3ccc(F)cc3Cl)N=C(c3ccccn3)N2)CC1.O=C=O.O=C=O.O=C=O.O=C=O. The van der Waals surface area contributed by atoms with Crippen LogP contribution in [0.2, 0.25) is 20.1 Å². The van der Waals surface area contributed by atoms with Crippen LogP contribution in [0.5, 0.6) is 0 Å². The Kier molecular flexibility index (Phi) is 42.2. The highest BCUT2D eigenvalue weighted by Crippen LogP contribution is 2.42. The molecule has 0 radical (unpaired) electrons. The number of ether oxygens (including phenoxy) is 1. The minimum absolute atomic E-state index is 0.0957. The first kappa shape index (κ1) is 113. The van der Waals surface area contributed by atoms with Crippen molar-refractivity contribution in [3.63, 3.8) is 0 Å². The second-order valence-corrected chi connectivity index (χ2v) is 37.4. The number of likely N-dealkylation sites (tertiary alicyclic amines) is 1. The molecule has 4 N–H and O–H groups in total. The van der Waals surface area contributed by atoms with Crippen LogP contribution in [0.25, 0.3) is 10.8 Å². The number of carbonyl (C=O) groups excluding carboxylic acids is 11. The minimum atomic E-state index is -0.514. The fraction of sp³-hybridized carbons (Fsp3) is 0.291. The number of fused-ring (bicyclic) bond motifs is 1. The Morgan fingerprint density at radius 2 is 0.905 bits per heavy atom. The summed E-state index contributed by atoms with van der Waals surface area (Å²) in [5.41, 5.74) is 13.8. The van der Waals surface area contributed by atoms with E-state index in [9.17, 15) is 31.9 Å². The van der Waals surface area contributed by atoms with Gasteiger partial charge in [-0.3, -0.25) is 64.3 Å². The summed E-state index contributed by atoms with van der Waals surface area (Å²) in [6.07, 6.45) is 13.2. The summed E-state index contributed by atoms with van der Waals surface area (Å²) in [7, 11) is 0. The maximum atomic E-state index is 14.2. The van der Waals surface area contributed by atoms with Crippen LogP contribution in [-0.2, 0) is 47.9 Å². The maximum absolute atomic E-state index is 14.2. The summed E-state index contributed by atoms with van der Waals surface area (Å²) >= 11 is 25.4. The van der Waals surface area contributed by atoms with Gasteiger partial charge in [0.25, 0.3) is 5.91 Å². The van der Waals surface area contributed by atoms with E-state index in [0.29, 0.717) is 87.1 Å². The Balaban J connectivity index is 0.000000184. The average molecular weight is 2090 g/mol. The van der Waals surface area contributed by atoms with E-state index < -0.39 is 35.2 Å². The van der Waals surface area contributed by atoms with Gasteiger partial charge in [-0.05, 0) is 244 Å². The number of nitrogens with zero attached hydrogens (tertiary/aromatic N) is 14. The molecule has 11 heterocycles. The van der Waals surface area contributed by atoms with E-state index >= 15 is 0 Å². The van der Waals surface area contributed by atoms with Crippen molar-refractivity contribution in [1.82, 2.24) is 65.8 Å². The van der Waals surface area contributed by atoms with Crippen molar-refractivity contribution in [2.45, 2.75) is 136 Å². The van der Waals surface area contributed by atoms with Gasteiger partial charge < -0.3 is 35.8 Å². The molecule has 11 aromatic rings. The maximum Gasteiger partial charge on any atom is 0.410 e. The van der Waals surface area contributed by atoms with Gasteiger partial charge in [-0.2, -0.15) is 43.5 Å². The lowest BCUT2D eigenvalue weighted by molar-refractivity contribution is -0.193. The average Bonchev–Trinajstić information content (AvgIpc) is 0.957. The molecule has 0 aliphatic carbocycles. The molecule has 148 heavy (non-hydrogen) atoms. The summed E-state index contributed by atoms with van der Waals surface area (Å²) < 4.78 is 60.6. The zero-order valence-corrected chi connectivity index (χ0v) is 85.4. The molecule has 3 amide bonds. The van der Waals surface area contributed by atoms with Gasteiger partial charge in [0.05, 0.1) is 24.5 Å². The fourth-order valence-electron chi connectivity index (χ4n) is 17.3. The highest BCUT2D eigenvalue weighted by Gasteiger charge is 2.37. The monoisotopic (exact) mass is 2090 g/mol. The number of carbonyl (C=O) groups is 3. The standard InChI is InChI=1S/C36H30ClFN4O.C28H34ClFN6.C26H31ClFN5O2.C16H13ClFN3O.4CO2/c1-23-33(40-35(32-14-8-9-19-39-32)41-34(23)30-18-17-29(38)21-31(30)37)22-42(36(43)26-11-4-3-5-12-26)24(2)27-16-15-25-10-6-7-13-28(25)20-27;1-3-22-7-6-14-36(22)34-21-11-15-35(16-12-21)18-26-19(2)27(23-10-9-20(30)17-24(23)29)33-28(32-26)25-8-4-5-13-31-25;1-17-22(16-32-11-13-33(14-12-32)25(34)35-26(2,3)4)30-24(21-7-5-6-10-29-21)31-23(17)19-9-8-18(28)15-20(19)27;1-9-14(10-6-11(17)8-12(18)7-10)20-15(21-16(9)22)13-4-2-3-5-19-13;4*2-1-3/h3-21,24,34H,22H2,1-2H3,(H,40,41);4-5,8-10,13,17,22,27H,3,6-7,11-12,14-16,18H2,1-2H3,(H,32,33);5-10,15,23H,11-14,16H2,1-4H3,(H,30,31);2-9,14H,1H3,(H,20,21,22);;;;/t24-,34?;22-,27?;;;;;;/m00....../s1. The van der Waals surface area contributed by atoms with E-state index in [0.717, 1.165) is 125 Å². The zero-order valence-electron chi connectivity index (χ0n) is 82.4. The molecule has 5 unspecified atom stereocenters. The number of pyridine rings is 4. The Hall–Kier alpha value is -15.3. The van der Waals surface area contributed by atoms with Gasteiger partial charge in [0, 0.05) is 151 Å². The summed E-state index contributed by atoms with van der Waals surface area (Å²) in [6.45, 7) is 25.1. The van der Waals surface area contributed by atoms with Crippen molar-refractivity contribution in [1.29, 1.82) is 0 Å². The van der Waals surface area contributed by atoms with Crippen molar-refractivity contribution in [2.75, 3.05) is 65.4 Å². The van der Waals surface area contributed by atoms with Crippen LogP contribution in [0, 0.1) is 29.2 Å². The van der Waals surface area contributed by atoms with Crippen LogP contribution < -0.4 is 21.3 Å². The first-order valence-electron chi connectivity index (χ1n) is 47.3. The van der Waals surface area contributed by atoms with E-state index in [4.69, 9.17) is 110 Å². The van der Waals surface area contributed by atoms with Gasteiger partial charge in [0.2, 0.25) is 5.91 Å². The lowest BCUT2D eigenvalue weighted by Gasteiger charge is -2.37. The summed E-state index contributed by atoms with van der Waals surface area (Å²) in [6, 6.07) is 62.4. The molecule has 0 saturated carbocycles. The van der Waals surface area contributed by atoms with Gasteiger partial charge in [-0.1, -0.05) is 157 Å². The third kappa shape index (κ3) is 31.4. The van der Waals surface area contributed by atoms with E-state index in [1.54, 1.807) is 73.0 Å². The van der Waals surface area contributed by atoms with Crippen LogP contribution in [-0.4, -0.2) is 193 Å². The van der Waals surface area contributed by atoms with Crippen molar-refractivity contribution in [3.05, 3.63) is 377 Å². The van der Waals surface area contributed by atoms with Crippen molar-refractivity contribution in [3.8, 4) is 0 Å². The molecule has 18 rings (SSSR count). The normalized spacial score (nSPS) is 18.1. The minimum Gasteiger partial charge on any atom is -0.444 e. The molecular formula is C110H108Cl4F4N18O12. The molecule has 7 aliphatic heterocycles. The van der Waals surface area contributed by atoms with E-state index in [-0.39, 0.29) is 88.9 Å². The van der Waals surface area contributed by atoms with Crippen LogP contribution in [0.1, 0.15) is 186 Å². The number of amidine groups is 4. The fourth-order valence-corrected chi connectivity index (χ4v) is 18.3. The summed E-state index contributed by atoms with van der Waals surface area (Å²) in [5.74, 6) is -0.00837. The van der Waals surface area contributed by atoms with Crippen LogP contribution in [0.4, 0.5) is 22.4 Å². The summed E-state index contributed by atoms with van der Waals surface area (Å²) in [5, 5.41) is 24.1. The van der Waals surface area contributed by atoms with Gasteiger partial charge >= 0.3 is 30.7 Å². The highest BCUT2D eigenvalue weighted by atomic mass is 35.5. The number of amides is 3. The van der Waals surface area contributed by atoms with Crippen LogP contribution in [0.15, 0.2) is 302 Å². The third-order valence-corrected chi connectivity index (χ3v) is 26.1. The molecule has 38 heteroatoms. The van der Waals surface area contributed by atoms with E-state index in [1.165, 1.54) is 73.5 Å². The Morgan fingerprint density at radius 3 is 1.33 bits per heavy atom. The van der Waals surface area contributed by atoms with Gasteiger partial charge in [0.15, 0.2) is 23.3 Å². The lowest BCUT2D eigenvalue weighted by atomic mass is 9.92. The number of hydrogen-bond donors (Lipinski definition) is 4. The van der Waals surface area contributed by atoms with Gasteiger partial charge in [-0.15, -0.1) is 0 Å². The number of piperazine rings is 1. The number of nitrogens with one attached hydrogen (secondary N) is 4. The van der Waals surface area contributed by atoms with Crippen molar-refractivity contribution < 1.29 is 75.0 Å². The number of benzene rings is 7. The second-order valence-electron chi connectivity index (χ2n) is 35.7. The predicted molar refractivity (Wildman–Crippen MR) is 552 cm³/mol. The molecule has 7 aromatic carbocycles. The molecular weight excluding hydrogens is 1980 g/mol. The largest absolute Gasteiger partial charge is 0.444 e. The molecule has 3 fully saturated rings. The van der Waals surface area contributed by atoms with Crippen molar-refractivity contribution in [2.24, 2.45) is 31.0 Å². The van der Waals surface area contributed by atoms with Crippen molar-refractivity contribution >= 4 is 129 Å². The zero-order chi connectivity index (χ0) is 107. The molecule has 3 saturated heterocycles. The Morgan fingerprint density at radius 1 is 0.486 bits per heavy atom. The second kappa shape index (κ2) is 55.3. The smallest absolute Gasteiger partial charge is 0.410 e. The molecule has 766 valence electrons. The molecule has 7 aliphatic rings. The van der Waals surface area contributed by atoms with Crippen LogP contribution >= 0.6 is 46.4 Å². The molecule has 4 aromatic heterocycles. The molecule has 30 nitrogen and oxygen atoms in total. The molecule has 0 bridgehead atoms. The number of aromatic nitrogens is 4. The first-order valence-corrected chi connectivity index (χ1v) is 48.8. The number of hydrazone groups is 1. The lowest BCUT2D eigenvalue weighted by Crippen LogP contribution is -2.51. The Bertz CT molecular complexity index is 6820. The topological polar surface area (TPSA) is 375 Å². The number of hydrogen-bond acceptors (Lipinski definition) is 27. The number of aliphatic imine (C=N–C) groups is 4. The molecule has 0 spiro atoms. The van der Waals surface area contributed by atoms with Gasteiger partial charge in [-0.25, -0.2) is 22.4 Å². The molecule has 7 atom stereocenters. The van der Waals surface area contributed by atoms with Crippen LogP contribution in [0.3, 0.4) is 0 Å². The first-order chi connectivity index (χ1) is 71.2. The van der Waals surface area contributed by atoms with Gasteiger partial charge in [0.1, 0.15) is 69.8 Å². The van der Waals surface area contributed by atoms with E-state index in [1.807, 2.05) is 150 Å². The summed E-state index contributed by atoms with van der Waals surface area (Å²) in [4.78, 5) is 149. The number of piperidine rings is 1. The third-order valence-electron chi connectivity index (χ3n) is 24.9. The number of rotatable bonds is 19. The highest BCUT2D eigenvalue weighted by molar-refractivity contribution is 6.32. The number of halogens is 8. The Labute approximate surface area is 873 Å². The quantitative estimate of drug-likeness (QED) is 0.0546. The van der Waals surface area contributed by atoms with E-state index in [2.05, 4.69) is 105 Å². The predicted octanol–water partition coefficient (Wildman–Crippen LogP) is 19.4.